The van der Waals surface area contributed by atoms with Crippen LogP contribution >= 0.6 is 23.4 Å². The predicted molar refractivity (Wildman–Crippen MR) is 83.2 cm³/mol. The number of hydrogen-bond acceptors (Lipinski definition) is 3. The van der Waals surface area contributed by atoms with E-state index in [1.807, 2.05) is 23.9 Å². The highest BCUT2D eigenvalue weighted by atomic mass is 35.5. The molecule has 0 aliphatic carbocycles. The molecule has 5 heteroatoms. The molecular weight excluding hydrogens is 292 g/mol. The zero-order valence-electron chi connectivity index (χ0n) is 11.5. The normalized spacial score (nSPS) is 29.0. The van der Waals surface area contributed by atoms with Gasteiger partial charge in [-0.3, -0.25) is 4.79 Å². The third kappa shape index (κ3) is 2.83. The van der Waals surface area contributed by atoms with Crippen LogP contribution in [0.15, 0.2) is 23.1 Å². The first kappa shape index (κ1) is 14.2. The van der Waals surface area contributed by atoms with Crippen LogP contribution in [0.25, 0.3) is 0 Å². The van der Waals surface area contributed by atoms with Crippen molar-refractivity contribution in [2.24, 2.45) is 11.8 Å². The average molecular weight is 311 g/mol. The highest BCUT2D eigenvalue weighted by molar-refractivity contribution is 7.99. The lowest BCUT2D eigenvalue weighted by atomic mass is 9.95. The Kier molecular flexibility index (Phi) is 4.24. The SMILES string of the molecule is CC1CNCC1C(=O)NC1CCSc2ccc(Cl)cc21. The van der Waals surface area contributed by atoms with E-state index in [-0.39, 0.29) is 17.9 Å². The highest BCUT2D eigenvalue weighted by Gasteiger charge is 2.32. The minimum Gasteiger partial charge on any atom is -0.349 e. The van der Waals surface area contributed by atoms with Gasteiger partial charge in [0.25, 0.3) is 0 Å². The van der Waals surface area contributed by atoms with Gasteiger partial charge in [-0.15, -0.1) is 11.8 Å². The Balaban J connectivity index is 1.76. The summed E-state index contributed by atoms with van der Waals surface area (Å²) in [6.07, 6.45) is 0.971. The third-order valence-electron chi connectivity index (χ3n) is 4.18. The monoisotopic (exact) mass is 310 g/mol. The molecule has 1 saturated heterocycles. The number of amides is 1. The first-order valence-electron chi connectivity index (χ1n) is 7.08. The summed E-state index contributed by atoms with van der Waals surface area (Å²) in [4.78, 5) is 13.7. The van der Waals surface area contributed by atoms with Gasteiger partial charge in [0, 0.05) is 22.2 Å². The van der Waals surface area contributed by atoms with E-state index >= 15 is 0 Å². The van der Waals surface area contributed by atoms with Gasteiger partial charge in [-0.1, -0.05) is 18.5 Å². The summed E-state index contributed by atoms with van der Waals surface area (Å²) in [5.41, 5.74) is 1.17. The fraction of sp³-hybridized carbons (Fsp3) is 0.533. The highest BCUT2D eigenvalue weighted by Crippen LogP contribution is 2.37. The van der Waals surface area contributed by atoms with E-state index in [0.717, 1.165) is 30.3 Å². The topological polar surface area (TPSA) is 41.1 Å². The fourth-order valence-corrected chi connectivity index (χ4v) is 4.24. The summed E-state index contributed by atoms with van der Waals surface area (Å²) in [6.45, 7) is 3.85. The minimum atomic E-state index is 0.0900. The molecule has 2 aliphatic rings. The molecule has 0 spiro atoms. The Morgan fingerprint density at radius 2 is 2.30 bits per heavy atom. The van der Waals surface area contributed by atoms with E-state index in [0.29, 0.717) is 5.92 Å². The number of carbonyl (C=O) groups is 1. The van der Waals surface area contributed by atoms with Gasteiger partial charge in [-0.25, -0.2) is 0 Å². The van der Waals surface area contributed by atoms with Gasteiger partial charge in [0.05, 0.1) is 12.0 Å². The number of halogens is 1. The zero-order chi connectivity index (χ0) is 14.1. The maximum atomic E-state index is 12.4. The molecule has 3 nitrogen and oxygen atoms in total. The second kappa shape index (κ2) is 5.96. The quantitative estimate of drug-likeness (QED) is 0.882. The largest absolute Gasteiger partial charge is 0.349 e. The van der Waals surface area contributed by atoms with Gasteiger partial charge in [-0.05, 0) is 42.6 Å². The molecular formula is C15H19ClN2OS. The molecule has 3 atom stereocenters. The number of nitrogens with one attached hydrogen (secondary N) is 2. The molecule has 20 heavy (non-hydrogen) atoms. The Labute approximate surface area is 128 Å². The van der Waals surface area contributed by atoms with Crippen molar-refractivity contribution in [1.29, 1.82) is 0 Å². The second-order valence-electron chi connectivity index (χ2n) is 5.62. The van der Waals surface area contributed by atoms with E-state index in [9.17, 15) is 4.79 Å². The smallest absolute Gasteiger partial charge is 0.225 e. The summed E-state index contributed by atoms with van der Waals surface area (Å²) in [7, 11) is 0. The molecule has 0 radical (unpaired) electrons. The van der Waals surface area contributed by atoms with Crippen LogP contribution in [0.1, 0.15) is 24.9 Å². The number of carbonyl (C=O) groups excluding carboxylic acids is 1. The minimum absolute atomic E-state index is 0.0900. The molecule has 0 saturated carbocycles. The molecule has 1 fully saturated rings. The Morgan fingerprint density at radius 1 is 1.45 bits per heavy atom. The molecule has 3 rings (SSSR count). The van der Waals surface area contributed by atoms with Crippen LogP contribution in [-0.2, 0) is 4.79 Å². The van der Waals surface area contributed by atoms with Crippen molar-refractivity contribution >= 4 is 29.3 Å². The summed E-state index contributed by atoms with van der Waals surface area (Å²) in [5, 5.41) is 7.24. The summed E-state index contributed by atoms with van der Waals surface area (Å²) >= 11 is 7.94. The second-order valence-corrected chi connectivity index (χ2v) is 7.20. The van der Waals surface area contributed by atoms with E-state index in [2.05, 4.69) is 23.6 Å². The summed E-state index contributed by atoms with van der Waals surface area (Å²) < 4.78 is 0. The van der Waals surface area contributed by atoms with Gasteiger partial charge in [0.2, 0.25) is 5.91 Å². The number of fused-ring (bicyclic) bond motifs is 1. The molecule has 2 N–H and O–H groups in total. The van der Waals surface area contributed by atoms with Gasteiger partial charge in [0.15, 0.2) is 0 Å². The van der Waals surface area contributed by atoms with Crippen molar-refractivity contribution in [2.75, 3.05) is 18.8 Å². The molecule has 1 aromatic carbocycles. The summed E-state index contributed by atoms with van der Waals surface area (Å²) in [6, 6.07) is 6.07. The number of hydrogen-bond donors (Lipinski definition) is 2. The van der Waals surface area contributed by atoms with Crippen LogP contribution in [0.2, 0.25) is 5.02 Å². The van der Waals surface area contributed by atoms with E-state index in [1.54, 1.807) is 0 Å². The molecule has 2 aliphatic heterocycles. The molecule has 1 aromatic rings. The van der Waals surface area contributed by atoms with Crippen LogP contribution in [0.4, 0.5) is 0 Å². The standard InChI is InChI=1S/C15H19ClN2OS/c1-9-7-17-8-12(9)15(19)18-13-4-5-20-14-3-2-10(16)6-11(13)14/h2-3,6,9,12-13,17H,4-5,7-8H2,1H3,(H,18,19). The predicted octanol–water partition coefficient (Wildman–Crippen LogP) is 2.85. The van der Waals surface area contributed by atoms with Crippen molar-refractivity contribution in [3.05, 3.63) is 28.8 Å². The van der Waals surface area contributed by atoms with E-state index in [4.69, 9.17) is 11.6 Å². The molecule has 0 bridgehead atoms. The maximum Gasteiger partial charge on any atom is 0.225 e. The van der Waals surface area contributed by atoms with Gasteiger partial charge in [0.1, 0.15) is 0 Å². The zero-order valence-corrected chi connectivity index (χ0v) is 13.1. The lowest BCUT2D eigenvalue weighted by molar-refractivity contribution is -0.126. The Bertz CT molecular complexity index is 523. The van der Waals surface area contributed by atoms with Crippen LogP contribution < -0.4 is 10.6 Å². The van der Waals surface area contributed by atoms with Crippen LogP contribution in [0, 0.1) is 11.8 Å². The first-order chi connectivity index (χ1) is 9.65. The van der Waals surface area contributed by atoms with Crippen molar-refractivity contribution in [3.63, 3.8) is 0 Å². The lowest BCUT2D eigenvalue weighted by Gasteiger charge is -2.27. The Morgan fingerprint density at radius 3 is 3.05 bits per heavy atom. The number of rotatable bonds is 2. The van der Waals surface area contributed by atoms with E-state index < -0.39 is 0 Å². The van der Waals surface area contributed by atoms with Crippen molar-refractivity contribution < 1.29 is 4.79 Å². The van der Waals surface area contributed by atoms with Crippen LogP contribution in [0.3, 0.4) is 0 Å². The third-order valence-corrected chi connectivity index (χ3v) is 5.54. The van der Waals surface area contributed by atoms with Crippen LogP contribution in [0.5, 0.6) is 0 Å². The average Bonchev–Trinajstić information content (AvgIpc) is 2.86. The van der Waals surface area contributed by atoms with Gasteiger partial charge < -0.3 is 10.6 Å². The molecule has 2 heterocycles. The molecule has 3 unspecified atom stereocenters. The van der Waals surface area contributed by atoms with Crippen molar-refractivity contribution in [1.82, 2.24) is 10.6 Å². The van der Waals surface area contributed by atoms with Crippen molar-refractivity contribution in [3.8, 4) is 0 Å². The summed E-state index contributed by atoms with van der Waals surface area (Å²) in [5.74, 6) is 1.71. The van der Waals surface area contributed by atoms with E-state index in [1.165, 1.54) is 10.5 Å². The maximum absolute atomic E-state index is 12.4. The first-order valence-corrected chi connectivity index (χ1v) is 8.45. The van der Waals surface area contributed by atoms with Crippen molar-refractivity contribution in [2.45, 2.75) is 24.3 Å². The Hall–Kier alpha value is -0.710. The number of thioether (sulfide) groups is 1. The fourth-order valence-electron chi connectivity index (χ4n) is 2.96. The lowest BCUT2D eigenvalue weighted by Crippen LogP contribution is -2.38. The molecule has 108 valence electrons. The van der Waals surface area contributed by atoms with Gasteiger partial charge in [-0.2, -0.15) is 0 Å². The molecule has 0 aromatic heterocycles. The number of benzene rings is 1. The van der Waals surface area contributed by atoms with Gasteiger partial charge >= 0.3 is 0 Å². The molecule has 1 amide bonds. The van der Waals surface area contributed by atoms with Crippen LogP contribution in [-0.4, -0.2) is 24.7 Å².